The highest BCUT2D eigenvalue weighted by Gasteiger charge is 2.19. The lowest BCUT2D eigenvalue weighted by Crippen LogP contribution is -2.38. The van der Waals surface area contributed by atoms with Crippen LogP contribution < -0.4 is 5.32 Å². The zero-order chi connectivity index (χ0) is 9.73. The molecule has 0 saturated heterocycles. The summed E-state index contributed by atoms with van der Waals surface area (Å²) in [6.07, 6.45) is 0.952. The third-order valence-corrected chi connectivity index (χ3v) is 4.18. The molecule has 1 N–H and O–H groups in total. The minimum Gasteiger partial charge on any atom is -0.419 e. The van der Waals surface area contributed by atoms with E-state index in [1.807, 2.05) is 18.2 Å². The van der Waals surface area contributed by atoms with Gasteiger partial charge in [0.2, 0.25) is 8.32 Å². The van der Waals surface area contributed by atoms with Gasteiger partial charge in [0.1, 0.15) is 0 Å². The minimum atomic E-state index is -1.47. The van der Waals surface area contributed by atoms with Gasteiger partial charge in [0, 0.05) is 19.0 Å². The Morgan fingerprint density at radius 2 is 1.79 bits per heavy atom. The topological polar surface area (TPSA) is 21.3 Å². The van der Waals surface area contributed by atoms with E-state index in [9.17, 15) is 0 Å². The Labute approximate surface area is 91.8 Å². The van der Waals surface area contributed by atoms with Gasteiger partial charge in [-0.1, -0.05) is 18.2 Å². The standard InChI is InChI=1S/C10H17NOSi.H4Si/c1-12-13(2,3)9-11-10-7-5-4-6-8-10;/h4-8,11H,9H2,1-3H3;1H4. The van der Waals surface area contributed by atoms with Crippen LogP contribution in [0.15, 0.2) is 30.3 Å². The van der Waals surface area contributed by atoms with Crippen molar-refractivity contribution in [1.82, 2.24) is 0 Å². The zero-order valence-electron chi connectivity index (χ0n) is 8.50. The largest absolute Gasteiger partial charge is 0.419 e. The summed E-state index contributed by atoms with van der Waals surface area (Å²) in [6.45, 7) is 4.39. The molecule has 0 aliphatic carbocycles. The molecule has 14 heavy (non-hydrogen) atoms. The second kappa shape index (κ2) is 6.00. The van der Waals surface area contributed by atoms with Crippen LogP contribution in [0.2, 0.25) is 13.1 Å². The Kier molecular flexibility index (Phi) is 5.75. The summed E-state index contributed by atoms with van der Waals surface area (Å²) < 4.78 is 5.44. The first-order chi connectivity index (χ1) is 6.14. The van der Waals surface area contributed by atoms with Gasteiger partial charge < -0.3 is 9.74 Å². The molecule has 0 aromatic heterocycles. The normalized spacial score (nSPS) is 10.5. The third-order valence-electron chi connectivity index (χ3n) is 2.04. The Morgan fingerprint density at radius 3 is 2.29 bits per heavy atom. The average molecular weight is 227 g/mol. The maximum atomic E-state index is 5.44. The summed E-state index contributed by atoms with van der Waals surface area (Å²) in [5.74, 6) is 0. The lowest BCUT2D eigenvalue weighted by atomic mass is 10.3. The van der Waals surface area contributed by atoms with Gasteiger partial charge in [-0.25, -0.2) is 0 Å². The van der Waals surface area contributed by atoms with Crippen LogP contribution in [0.25, 0.3) is 0 Å². The van der Waals surface area contributed by atoms with Crippen molar-refractivity contribution in [2.75, 3.05) is 18.6 Å². The number of nitrogens with one attached hydrogen (secondary N) is 1. The van der Waals surface area contributed by atoms with Crippen molar-refractivity contribution in [3.05, 3.63) is 30.3 Å². The molecule has 0 aliphatic rings. The van der Waals surface area contributed by atoms with Gasteiger partial charge in [0.15, 0.2) is 0 Å². The van der Waals surface area contributed by atoms with E-state index < -0.39 is 8.32 Å². The molecule has 1 aromatic carbocycles. The van der Waals surface area contributed by atoms with Crippen LogP contribution in [0, 0.1) is 0 Å². The SMILES string of the molecule is CO[Si](C)(C)CNc1ccccc1.[SiH4]. The van der Waals surface area contributed by atoms with Crippen LogP contribution in [0.1, 0.15) is 0 Å². The predicted molar refractivity (Wildman–Crippen MR) is 70.8 cm³/mol. The first kappa shape index (κ1) is 13.4. The van der Waals surface area contributed by atoms with Gasteiger partial charge in [0.25, 0.3) is 0 Å². The number of hydrogen-bond acceptors (Lipinski definition) is 2. The number of para-hydroxylation sites is 1. The van der Waals surface area contributed by atoms with Crippen LogP contribution in [-0.2, 0) is 4.43 Å². The number of benzene rings is 1. The van der Waals surface area contributed by atoms with Crippen LogP contribution in [0.5, 0.6) is 0 Å². The summed E-state index contributed by atoms with van der Waals surface area (Å²) in [5.41, 5.74) is 1.17. The molecule has 0 heterocycles. The summed E-state index contributed by atoms with van der Waals surface area (Å²) in [7, 11) is 0.319. The van der Waals surface area contributed by atoms with Crippen molar-refractivity contribution >= 4 is 25.0 Å². The Morgan fingerprint density at radius 1 is 1.21 bits per heavy atom. The van der Waals surface area contributed by atoms with Crippen molar-refractivity contribution in [2.45, 2.75) is 13.1 Å². The van der Waals surface area contributed by atoms with Crippen molar-refractivity contribution in [3.8, 4) is 0 Å². The van der Waals surface area contributed by atoms with E-state index in [0.717, 1.165) is 6.17 Å². The molecule has 1 rings (SSSR count). The molecular formula is C10H21NOSi2. The highest BCUT2D eigenvalue weighted by atomic mass is 28.4. The summed E-state index contributed by atoms with van der Waals surface area (Å²) in [6, 6.07) is 10.2. The van der Waals surface area contributed by atoms with Gasteiger partial charge in [-0.05, 0) is 36.2 Å². The van der Waals surface area contributed by atoms with Crippen molar-refractivity contribution < 1.29 is 4.43 Å². The van der Waals surface area contributed by atoms with Gasteiger partial charge in [-0.2, -0.15) is 0 Å². The Balaban J connectivity index is 0.00000169. The number of hydrogen-bond donors (Lipinski definition) is 1. The second-order valence-corrected chi connectivity index (χ2v) is 7.96. The number of rotatable bonds is 4. The van der Waals surface area contributed by atoms with E-state index >= 15 is 0 Å². The van der Waals surface area contributed by atoms with Crippen molar-refractivity contribution in [2.24, 2.45) is 0 Å². The number of anilines is 1. The molecule has 0 bridgehead atoms. The average Bonchev–Trinajstić information content (AvgIpc) is 2.17. The van der Waals surface area contributed by atoms with Crippen LogP contribution in [0.3, 0.4) is 0 Å². The third kappa shape index (κ3) is 4.59. The molecule has 0 saturated carbocycles. The quantitative estimate of drug-likeness (QED) is 0.776. The summed E-state index contributed by atoms with van der Waals surface area (Å²) >= 11 is 0. The zero-order valence-corrected chi connectivity index (χ0v) is 9.50. The summed E-state index contributed by atoms with van der Waals surface area (Å²) in [5, 5.41) is 3.37. The first-order valence-corrected chi connectivity index (χ1v) is 7.60. The van der Waals surface area contributed by atoms with E-state index in [4.69, 9.17) is 4.43 Å². The van der Waals surface area contributed by atoms with E-state index in [1.165, 1.54) is 5.69 Å². The highest BCUT2D eigenvalue weighted by molar-refractivity contribution is 6.71. The molecule has 0 amide bonds. The molecule has 2 nitrogen and oxygen atoms in total. The minimum absolute atomic E-state index is 0. The molecule has 0 radical (unpaired) electrons. The van der Waals surface area contributed by atoms with Crippen molar-refractivity contribution in [1.29, 1.82) is 0 Å². The van der Waals surface area contributed by atoms with Gasteiger partial charge >= 0.3 is 0 Å². The summed E-state index contributed by atoms with van der Waals surface area (Å²) in [4.78, 5) is 0. The molecule has 0 fully saturated rings. The van der Waals surface area contributed by atoms with E-state index in [-0.39, 0.29) is 11.0 Å². The maximum absolute atomic E-state index is 5.44. The molecule has 1 aromatic rings. The fraction of sp³-hybridized carbons (Fsp3) is 0.400. The van der Waals surface area contributed by atoms with Gasteiger partial charge in [-0.15, -0.1) is 0 Å². The molecule has 0 unspecified atom stereocenters. The lowest BCUT2D eigenvalue weighted by Gasteiger charge is -2.20. The van der Waals surface area contributed by atoms with Crippen molar-refractivity contribution in [3.63, 3.8) is 0 Å². The van der Waals surface area contributed by atoms with Gasteiger partial charge in [-0.3, -0.25) is 0 Å². The fourth-order valence-electron chi connectivity index (χ4n) is 0.943. The second-order valence-electron chi connectivity index (χ2n) is 3.68. The fourth-order valence-corrected chi connectivity index (χ4v) is 1.72. The Bertz CT molecular complexity index is 252. The van der Waals surface area contributed by atoms with Gasteiger partial charge in [0.05, 0.1) is 0 Å². The molecule has 0 spiro atoms. The molecule has 0 atom stereocenters. The van der Waals surface area contributed by atoms with E-state index in [0.29, 0.717) is 0 Å². The molecule has 80 valence electrons. The lowest BCUT2D eigenvalue weighted by molar-refractivity contribution is 0.406. The maximum Gasteiger partial charge on any atom is 0.204 e. The van der Waals surface area contributed by atoms with E-state index in [1.54, 1.807) is 7.11 Å². The predicted octanol–water partition coefficient (Wildman–Crippen LogP) is 1.04. The Hall–Kier alpha value is -0.586. The highest BCUT2D eigenvalue weighted by Crippen LogP contribution is 2.08. The molecular weight excluding hydrogens is 206 g/mol. The first-order valence-electron chi connectivity index (χ1n) is 4.48. The smallest absolute Gasteiger partial charge is 0.204 e. The monoisotopic (exact) mass is 227 g/mol. The van der Waals surface area contributed by atoms with E-state index in [2.05, 4.69) is 30.5 Å². The molecule has 0 aliphatic heterocycles. The molecule has 4 heteroatoms. The van der Waals surface area contributed by atoms with Crippen LogP contribution >= 0.6 is 0 Å². The van der Waals surface area contributed by atoms with Crippen LogP contribution in [0.4, 0.5) is 5.69 Å². The van der Waals surface area contributed by atoms with Crippen LogP contribution in [-0.4, -0.2) is 32.6 Å².